The molecule has 1 aromatic heterocycles. The minimum absolute atomic E-state index is 0.0215. The average Bonchev–Trinajstić information content (AvgIpc) is 2.86. The normalized spacial score (nSPS) is 11.9. The van der Waals surface area contributed by atoms with Gasteiger partial charge in [0, 0.05) is 19.3 Å². The number of benzene rings is 1. The van der Waals surface area contributed by atoms with E-state index in [0.717, 1.165) is 11.3 Å². The summed E-state index contributed by atoms with van der Waals surface area (Å²) in [6.07, 6.45) is 3.41. The number of halogens is 1. The predicted molar refractivity (Wildman–Crippen MR) is 74.7 cm³/mol. The molecule has 1 heterocycles. The van der Waals surface area contributed by atoms with Gasteiger partial charge < -0.3 is 10.6 Å². The Morgan fingerprint density at radius 1 is 1.40 bits per heavy atom. The standard InChI is InChI=1S/C14H17FN4O/c1-10(11-3-5-12(15)6-4-11)18-13-7-17-19(8-13)9-14(20)16-2/h3-8,10,18H,9H2,1-2H3,(H,16,20). The Kier molecular flexibility index (Phi) is 4.34. The van der Waals surface area contributed by atoms with Gasteiger partial charge in [0.25, 0.3) is 0 Å². The highest BCUT2D eigenvalue weighted by Crippen LogP contribution is 2.18. The Bertz CT molecular complexity index is 579. The largest absolute Gasteiger partial charge is 0.376 e. The monoisotopic (exact) mass is 276 g/mol. The fourth-order valence-corrected chi connectivity index (χ4v) is 1.84. The molecule has 0 saturated carbocycles. The molecule has 1 amide bonds. The number of amides is 1. The first kappa shape index (κ1) is 14.0. The van der Waals surface area contributed by atoms with E-state index in [9.17, 15) is 9.18 Å². The summed E-state index contributed by atoms with van der Waals surface area (Å²) in [6, 6.07) is 6.36. The topological polar surface area (TPSA) is 59.0 Å². The Balaban J connectivity index is 1.99. The highest BCUT2D eigenvalue weighted by Gasteiger charge is 2.08. The molecule has 2 aromatic rings. The number of nitrogens with one attached hydrogen (secondary N) is 2. The van der Waals surface area contributed by atoms with E-state index >= 15 is 0 Å². The number of hydrogen-bond acceptors (Lipinski definition) is 3. The van der Waals surface area contributed by atoms with Crippen molar-refractivity contribution < 1.29 is 9.18 Å². The predicted octanol–water partition coefficient (Wildman–Crippen LogP) is 1.94. The minimum atomic E-state index is -0.251. The van der Waals surface area contributed by atoms with Crippen LogP contribution in [0.1, 0.15) is 18.5 Å². The van der Waals surface area contributed by atoms with E-state index < -0.39 is 0 Å². The van der Waals surface area contributed by atoms with Gasteiger partial charge in [-0.25, -0.2) is 4.39 Å². The third-order valence-corrected chi connectivity index (χ3v) is 2.97. The van der Waals surface area contributed by atoms with Crippen molar-refractivity contribution in [3.63, 3.8) is 0 Å². The SMILES string of the molecule is CNC(=O)Cn1cc(NC(C)c2ccc(F)cc2)cn1. The summed E-state index contributed by atoms with van der Waals surface area (Å²) < 4.78 is 14.4. The van der Waals surface area contributed by atoms with Crippen LogP contribution in [0.5, 0.6) is 0 Å². The maximum absolute atomic E-state index is 12.9. The van der Waals surface area contributed by atoms with E-state index in [-0.39, 0.29) is 24.3 Å². The second kappa shape index (κ2) is 6.18. The molecule has 0 aliphatic heterocycles. The molecule has 2 rings (SSSR count). The number of carbonyl (C=O) groups is 1. The molecular formula is C14H17FN4O. The second-order valence-corrected chi connectivity index (χ2v) is 4.52. The highest BCUT2D eigenvalue weighted by atomic mass is 19.1. The summed E-state index contributed by atoms with van der Waals surface area (Å²) in [5.41, 5.74) is 1.79. The maximum Gasteiger partial charge on any atom is 0.241 e. The van der Waals surface area contributed by atoms with Crippen LogP contribution in [0.3, 0.4) is 0 Å². The molecule has 1 aromatic carbocycles. The van der Waals surface area contributed by atoms with Gasteiger partial charge in [0.1, 0.15) is 12.4 Å². The second-order valence-electron chi connectivity index (χ2n) is 4.52. The van der Waals surface area contributed by atoms with Crippen LogP contribution in [-0.2, 0) is 11.3 Å². The van der Waals surface area contributed by atoms with Gasteiger partial charge in [0.2, 0.25) is 5.91 Å². The first-order valence-corrected chi connectivity index (χ1v) is 6.33. The molecule has 5 nitrogen and oxygen atoms in total. The van der Waals surface area contributed by atoms with Crippen LogP contribution in [0.4, 0.5) is 10.1 Å². The van der Waals surface area contributed by atoms with E-state index in [1.165, 1.54) is 12.1 Å². The van der Waals surface area contributed by atoms with E-state index in [1.54, 1.807) is 36.3 Å². The van der Waals surface area contributed by atoms with E-state index in [2.05, 4.69) is 15.7 Å². The number of aromatic nitrogens is 2. The van der Waals surface area contributed by atoms with Crippen molar-refractivity contribution in [2.24, 2.45) is 0 Å². The van der Waals surface area contributed by atoms with Crippen LogP contribution in [0, 0.1) is 5.82 Å². The number of hydrogen-bond donors (Lipinski definition) is 2. The zero-order valence-corrected chi connectivity index (χ0v) is 11.4. The van der Waals surface area contributed by atoms with E-state index in [4.69, 9.17) is 0 Å². The zero-order chi connectivity index (χ0) is 14.5. The molecule has 0 saturated heterocycles. The fraction of sp³-hybridized carbons (Fsp3) is 0.286. The Morgan fingerprint density at radius 3 is 2.75 bits per heavy atom. The lowest BCUT2D eigenvalue weighted by Gasteiger charge is -2.13. The molecule has 1 atom stereocenters. The first-order valence-electron chi connectivity index (χ1n) is 6.33. The summed E-state index contributed by atoms with van der Waals surface area (Å²) in [6.45, 7) is 2.16. The number of anilines is 1. The van der Waals surface area contributed by atoms with Gasteiger partial charge in [-0.2, -0.15) is 5.10 Å². The third kappa shape index (κ3) is 3.57. The van der Waals surface area contributed by atoms with Gasteiger partial charge >= 0.3 is 0 Å². The number of likely N-dealkylation sites (N-methyl/N-ethyl adjacent to an activating group) is 1. The van der Waals surface area contributed by atoms with Gasteiger partial charge in [-0.3, -0.25) is 9.48 Å². The van der Waals surface area contributed by atoms with Crippen LogP contribution in [0.15, 0.2) is 36.7 Å². The molecule has 0 bridgehead atoms. The minimum Gasteiger partial charge on any atom is -0.376 e. The molecule has 0 radical (unpaired) electrons. The third-order valence-electron chi connectivity index (χ3n) is 2.97. The lowest BCUT2D eigenvalue weighted by molar-refractivity contribution is -0.121. The van der Waals surface area contributed by atoms with Crippen molar-refractivity contribution in [3.8, 4) is 0 Å². The van der Waals surface area contributed by atoms with Crippen LogP contribution >= 0.6 is 0 Å². The quantitative estimate of drug-likeness (QED) is 0.877. The molecule has 106 valence electrons. The molecule has 0 aliphatic carbocycles. The summed E-state index contributed by atoms with van der Waals surface area (Å²) in [5, 5.41) is 9.89. The lowest BCUT2D eigenvalue weighted by Crippen LogP contribution is -2.23. The van der Waals surface area contributed by atoms with Crippen LogP contribution in [0.2, 0.25) is 0 Å². The number of carbonyl (C=O) groups excluding carboxylic acids is 1. The van der Waals surface area contributed by atoms with Gasteiger partial charge in [-0.15, -0.1) is 0 Å². The van der Waals surface area contributed by atoms with Crippen molar-refractivity contribution in [2.75, 3.05) is 12.4 Å². The first-order chi connectivity index (χ1) is 9.58. The average molecular weight is 276 g/mol. The number of rotatable bonds is 5. The molecule has 1 unspecified atom stereocenters. The molecule has 2 N–H and O–H groups in total. The summed E-state index contributed by atoms with van der Waals surface area (Å²) >= 11 is 0. The molecule has 6 heteroatoms. The van der Waals surface area contributed by atoms with E-state index in [0.29, 0.717) is 0 Å². The van der Waals surface area contributed by atoms with Crippen molar-refractivity contribution in [2.45, 2.75) is 19.5 Å². The molecule has 0 aliphatic rings. The highest BCUT2D eigenvalue weighted by molar-refractivity contribution is 5.75. The lowest BCUT2D eigenvalue weighted by atomic mass is 10.1. The van der Waals surface area contributed by atoms with Gasteiger partial charge in [0.05, 0.1) is 11.9 Å². The summed E-state index contributed by atoms with van der Waals surface area (Å²) in [7, 11) is 1.58. The molecular weight excluding hydrogens is 259 g/mol. The smallest absolute Gasteiger partial charge is 0.241 e. The Labute approximate surface area is 116 Å². The van der Waals surface area contributed by atoms with Crippen LogP contribution in [0.25, 0.3) is 0 Å². The fourth-order valence-electron chi connectivity index (χ4n) is 1.84. The van der Waals surface area contributed by atoms with Gasteiger partial charge in [-0.1, -0.05) is 12.1 Å². The van der Waals surface area contributed by atoms with Crippen molar-refractivity contribution in [1.82, 2.24) is 15.1 Å². The van der Waals surface area contributed by atoms with Gasteiger partial charge in [-0.05, 0) is 24.6 Å². The van der Waals surface area contributed by atoms with Gasteiger partial charge in [0.15, 0.2) is 0 Å². The van der Waals surface area contributed by atoms with Crippen molar-refractivity contribution in [3.05, 3.63) is 48.0 Å². The maximum atomic E-state index is 12.9. The molecule has 0 spiro atoms. The van der Waals surface area contributed by atoms with Crippen molar-refractivity contribution in [1.29, 1.82) is 0 Å². The Morgan fingerprint density at radius 2 is 2.10 bits per heavy atom. The summed E-state index contributed by atoms with van der Waals surface area (Å²) in [5.74, 6) is -0.356. The van der Waals surface area contributed by atoms with Crippen LogP contribution in [-0.4, -0.2) is 22.7 Å². The number of nitrogens with zero attached hydrogens (tertiary/aromatic N) is 2. The summed E-state index contributed by atoms with van der Waals surface area (Å²) in [4.78, 5) is 11.2. The molecule has 0 fully saturated rings. The van der Waals surface area contributed by atoms with Crippen molar-refractivity contribution >= 4 is 11.6 Å². The van der Waals surface area contributed by atoms with E-state index in [1.807, 2.05) is 6.92 Å². The van der Waals surface area contributed by atoms with Crippen LogP contribution < -0.4 is 10.6 Å². The molecule has 20 heavy (non-hydrogen) atoms. The zero-order valence-electron chi connectivity index (χ0n) is 11.4. The Hall–Kier alpha value is -2.37.